The van der Waals surface area contributed by atoms with Gasteiger partial charge in [0, 0.05) is 5.57 Å². The Morgan fingerprint density at radius 1 is 1.14 bits per heavy atom. The van der Waals surface area contributed by atoms with Crippen molar-refractivity contribution in [3.8, 4) is 11.1 Å². The summed E-state index contributed by atoms with van der Waals surface area (Å²) in [5, 5.41) is 9.09. The summed E-state index contributed by atoms with van der Waals surface area (Å²) in [7, 11) is 0. The van der Waals surface area contributed by atoms with Crippen LogP contribution in [0.15, 0.2) is 54.6 Å². The van der Waals surface area contributed by atoms with Gasteiger partial charge in [-0.25, -0.2) is 4.79 Å². The number of carbonyl (C=O) groups is 1. The third-order valence-corrected chi connectivity index (χ3v) is 3.53. The zero-order chi connectivity index (χ0) is 16.1. The average Bonchev–Trinajstić information content (AvgIpc) is 2.53. The summed E-state index contributed by atoms with van der Waals surface area (Å²) in [5.41, 5.74) is 5.43. The molecule has 1 N–H and O–H groups in total. The van der Waals surface area contributed by atoms with Gasteiger partial charge in [0.2, 0.25) is 0 Å². The first-order valence-corrected chi connectivity index (χ1v) is 7.13. The monoisotopic (exact) mass is 296 g/mol. The maximum absolute atomic E-state index is 11.5. The molecule has 2 aromatic carbocycles. The molecular formula is C19H20O3. The van der Waals surface area contributed by atoms with Crippen molar-refractivity contribution in [2.45, 2.75) is 27.1 Å². The van der Waals surface area contributed by atoms with Gasteiger partial charge >= 0.3 is 5.97 Å². The summed E-state index contributed by atoms with van der Waals surface area (Å²) in [5.74, 6) is -0.378. The van der Waals surface area contributed by atoms with Crippen LogP contribution >= 0.6 is 0 Å². The Labute approximate surface area is 130 Å². The van der Waals surface area contributed by atoms with Crippen LogP contribution in [0.2, 0.25) is 0 Å². The molecule has 2 rings (SSSR count). The van der Waals surface area contributed by atoms with Crippen LogP contribution in [0.1, 0.15) is 23.6 Å². The molecule has 0 unspecified atom stereocenters. The lowest BCUT2D eigenvalue weighted by molar-refractivity contribution is -0.140. The smallest absolute Gasteiger partial charge is 0.333 e. The number of aliphatic hydroxyl groups excluding tert-OH is 1. The van der Waals surface area contributed by atoms with E-state index >= 15 is 0 Å². The second kappa shape index (κ2) is 7.05. The summed E-state index contributed by atoms with van der Waals surface area (Å²) < 4.78 is 5.23. The molecule has 0 bridgehead atoms. The number of hydrogen-bond donors (Lipinski definition) is 1. The van der Waals surface area contributed by atoms with Crippen molar-refractivity contribution in [3.63, 3.8) is 0 Å². The van der Waals surface area contributed by atoms with Crippen LogP contribution in [0, 0.1) is 6.92 Å². The molecule has 3 nitrogen and oxygen atoms in total. The van der Waals surface area contributed by atoms with Crippen molar-refractivity contribution in [2.75, 3.05) is 0 Å². The second-order valence-electron chi connectivity index (χ2n) is 5.35. The first-order valence-electron chi connectivity index (χ1n) is 7.13. The van der Waals surface area contributed by atoms with E-state index in [-0.39, 0.29) is 19.2 Å². The Balaban J connectivity index is 2.21. The van der Waals surface area contributed by atoms with Crippen molar-refractivity contribution < 1.29 is 14.6 Å². The highest BCUT2D eigenvalue weighted by atomic mass is 16.5. The molecule has 0 fully saturated rings. The van der Waals surface area contributed by atoms with Gasteiger partial charge in [0.25, 0.3) is 0 Å². The maximum atomic E-state index is 11.5. The normalized spacial score (nSPS) is 10.3. The first-order chi connectivity index (χ1) is 10.5. The van der Waals surface area contributed by atoms with Gasteiger partial charge in [0.05, 0.1) is 6.61 Å². The minimum Gasteiger partial charge on any atom is -0.457 e. The number of esters is 1. The van der Waals surface area contributed by atoms with Crippen molar-refractivity contribution >= 4 is 5.97 Å². The fourth-order valence-corrected chi connectivity index (χ4v) is 2.08. The van der Waals surface area contributed by atoms with E-state index in [9.17, 15) is 4.79 Å². The molecule has 0 aliphatic heterocycles. The van der Waals surface area contributed by atoms with E-state index in [1.165, 1.54) is 0 Å². The largest absolute Gasteiger partial charge is 0.457 e. The summed E-state index contributed by atoms with van der Waals surface area (Å²) in [6.45, 7) is 7.47. The molecule has 114 valence electrons. The van der Waals surface area contributed by atoms with E-state index in [2.05, 4.69) is 6.58 Å². The van der Waals surface area contributed by atoms with E-state index < -0.39 is 0 Å². The Morgan fingerprint density at radius 2 is 1.77 bits per heavy atom. The van der Waals surface area contributed by atoms with E-state index in [0.717, 1.165) is 27.8 Å². The van der Waals surface area contributed by atoms with Gasteiger partial charge in [0.15, 0.2) is 0 Å². The van der Waals surface area contributed by atoms with Gasteiger partial charge in [-0.2, -0.15) is 0 Å². The third kappa shape index (κ3) is 3.83. The van der Waals surface area contributed by atoms with Gasteiger partial charge in [-0.05, 0) is 47.7 Å². The fourth-order valence-electron chi connectivity index (χ4n) is 2.08. The molecule has 0 atom stereocenters. The molecular weight excluding hydrogens is 276 g/mol. The Hall–Kier alpha value is -2.39. The minimum atomic E-state index is -0.378. The highest BCUT2D eigenvalue weighted by Gasteiger charge is 2.07. The van der Waals surface area contributed by atoms with Crippen molar-refractivity contribution in [2.24, 2.45) is 0 Å². The van der Waals surface area contributed by atoms with Crippen LogP contribution in [0.3, 0.4) is 0 Å². The Morgan fingerprint density at radius 3 is 2.36 bits per heavy atom. The molecule has 0 aliphatic carbocycles. The van der Waals surface area contributed by atoms with Crippen LogP contribution in [-0.2, 0) is 22.7 Å². The minimum absolute atomic E-state index is 0.0380. The van der Waals surface area contributed by atoms with E-state index in [1.54, 1.807) is 6.92 Å². The molecule has 0 aromatic heterocycles. The molecule has 0 saturated heterocycles. The fraction of sp³-hybridized carbons (Fsp3) is 0.211. The van der Waals surface area contributed by atoms with Crippen LogP contribution in [0.4, 0.5) is 0 Å². The topological polar surface area (TPSA) is 46.5 Å². The zero-order valence-corrected chi connectivity index (χ0v) is 12.9. The third-order valence-electron chi connectivity index (χ3n) is 3.53. The molecule has 0 aliphatic rings. The lowest BCUT2D eigenvalue weighted by Gasteiger charge is -2.10. The van der Waals surface area contributed by atoms with E-state index in [1.807, 2.05) is 49.4 Å². The maximum Gasteiger partial charge on any atom is 0.333 e. The average molecular weight is 296 g/mol. The highest BCUT2D eigenvalue weighted by molar-refractivity contribution is 5.86. The number of benzene rings is 2. The molecule has 2 aromatic rings. The molecule has 0 heterocycles. The van der Waals surface area contributed by atoms with Crippen LogP contribution in [0.25, 0.3) is 11.1 Å². The van der Waals surface area contributed by atoms with Crippen LogP contribution in [0.5, 0.6) is 0 Å². The molecule has 0 radical (unpaired) electrons. The lowest BCUT2D eigenvalue weighted by Crippen LogP contribution is -2.05. The predicted molar refractivity (Wildman–Crippen MR) is 87.1 cm³/mol. The van der Waals surface area contributed by atoms with Gasteiger partial charge in [-0.1, -0.05) is 43.0 Å². The number of aliphatic hydroxyl groups is 1. The lowest BCUT2D eigenvalue weighted by atomic mass is 9.99. The van der Waals surface area contributed by atoms with E-state index in [4.69, 9.17) is 9.84 Å². The van der Waals surface area contributed by atoms with Crippen molar-refractivity contribution in [1.82, 2.24) is 0 Å². The summed E-state index contributed by atoms with van der Waals surface area (Å²) in [6, 6.07) is 13.8. The number of aryl methyl sites for hydroxylation is 1. The van der Waals surface area contributed by atoms with Gasteiger partial charge in [-0.15, -0.1) is 0 Å². The first kappa shape index (κ1) is 16.0. The van der Waals surface area contributed by atoms with Gasteiger partial charge < -0.3 is 9.84 Å². The number of carbonyl (C=O) groups excluding carboxylic acids is 1. The zero-order valence-electron chi connectivity index (χ0n) is 12.9. The summed E-state index contributed by atoms with van der Waals surface area (Å²) in [6.07, 6.45) is 0. The van der Waals surface area contributed by atoms with Crippen LogP contribution in [-0.4, -0.2) is 11.1 Å². The van der Waals surface area contributed by atoms with Crippen molar-refractivity contribution in [3.05, 3.63) is 71.3 Å². The Bertz CT molecular complexity index is 684. The summed E-state index contributed by atoms with van der Waals surface area (Å²) in [4.78, 5) is 11.5. The van der Waals surface area contributed by atoms with E-state index in [0.29, 0.717) is 5.57 Å². The quantitative estimate of drug-likeness (QED) is 0.675. The van der Waals surface area contributed by atoms with Gasteiger partial charge in [-0.3, -0.25) is 0 Å². The standard InChI is InChI=1S/C19H20O3/c1-13(2)19(21)22-12-18-10-17(7-4-14(18)3)16-8-5-15(11-20)6-9-16/h4-10,20H,1,11-12H2,2-3H3. The predicted octanol–water partition coefficient (Wildman–Crippen LogP) is 3.77. The molecule has 0 amide bonds. The molecule has 0 saturated carbocycles. The SMILES string of the molecule is C=C(C)C(=O)OCc1cc(-c2ccc(CO)cc2)ccc1C. The Kier molecular flexibility index (Phi) is 5.12. The number of rotatable bonds is 5. The summed E-state index contributed by atoms with van der Waals surface area (Å²) >= 11 is 0. The highest BCUT2D eigenvalue weighted by Crippen LogP contribution is 2.23. The second-order valence-corrected chi connectivity index (χ2v) is 5.35. The number of ether oxygens (including phenoxy) is 1. The van der Waals surface area contributed by atoms with Crippen LogP contribution < -0.4 is 0 Å². The molecule has 0 spiro atoms. The number of hydrogen-bond acceptors (Lipinski definition) is 3. The van der Waals surface area contributed by atoms with Gasteiger partial charge in [0.1, 0.15) is 6.61 Å². The molecule has 22 heavy (non-hydrogen) atoms. The molecule has 3 heteroatoms. The van der Waals surface area contributed by atoms with Crippen molar-refractivity contribution in [1.29, 1.82) is 0 Å².